The molecular weight excluding hydrogens is 262 g/mol. The number of aryl methyl sites for hydroxylation is 1. The number of pyridine rings is 1. The van der Waals surface area contributed by atoms with E-state index in [1.807, 2.05) is 43.3 Å². The van der Waals surface area contributed by atoms with Crippen molar-refractivity contribution >= 4 is 17.4 Å². The summed E-state index contributed by atoms with van der Waals surface area (Å²) >= 11 is 0. The highest BCUT2D eigenvalue weighted by Gasteiger charge is 2.07. The first-order chi connectivity index (χ1) is 10.1. The van der Waals surface area contributed by atoms with Crippen molar-refractivity contribution in [2.45, 2.75) is 20.8 Å². The SMILES string of the molecule is CCN(CC)c1ccc(NC(=O)c2ccc(C)cc2)nc1. The van der Waals surface area contributed by atoms with Crippen molar-refractivity contribution in [2.24, 2.45) is 0 Å². The van der Waals surface area contributed by atoms with Gasteiger partial charge in [-0.05, 0) is 45.0 Å². The van der Waals surface area contributed by atoms with E-state index >= 15 is 0 Å². The molecule has 4 heteroatoms. The summed E-state index contributed by atoms with van der Waals surface area (Å²) in [5.41, 5.74) is 2.83. The minimum Gasteiger partial charge on any atom is -0.371 e. The number of rotatable bonds is 5. The first kappa shape index (κ1) is 15.0. The summed E-state index contributed by atoms with van der Waals surface area (Å²) in [5, 5.41) is 2.81. The average Bonchev–Trinajstić information content (AvgIpc) is 2.51. The third kappa shape index (κ3) is 3.81. The van der Waals surface area contributed by atoms with Crippen molar-refractivity contribution in [1.29, 1.82) is 0 Å². The van der Waals surface area contributed by atoms with E-state index in [0.717, 1.165) is 24.3 Å². The molecule has 0 aliphatic heterocycles. The number of aromatic nitrogens is 1. The molecule has 0 bridgehead atoms. The minimum absolute atomic E-state index is 0.141. The Hall–Kier alpha value is -2.36. The van der Waals surface area contributed by atoms with Crippen LogP contribution in [-0.4, -0.2) is 24.0 Å². The summed E-state index contributed by atoms with van der Waals surface area (Å²) in [4.78, 5) is 18.6. The normalized spacial score (nSPS) is 10.2. The molecule has 2 aromatic rings. The summed E-state index contributed by atoms with van der Waals surface area (Å²) in [7, 11) is 0. The molecular formula is C17H21N3O. The van der Waals surface area contributed by atoms with Gasteiger partial charge in [0.25, 0.3) is 5.91 Å². The van der Waals surface area contributed by atoms with Crippen LogP contribution >= 0.6 is 0 Å². The molecule has 1 aromatic carbocycles. The van der Waals surface area contributed by atoms with Crippen LogP contribution in [0.3, 0.4) is 0 Å². The van der Waals surface area contributed by atoms with Gasteiger partial charge in [0, 0.05) is 18.7 Å². The zero-order chi connectivity index (χ0) is 15.2. The number of hydrogen-bond donors (Lipinski definition) is 1. The molecule has 110 valence electrons. The minimum atomic E-state index is -0.141. The number of nitrogens with one attached hydrogen (secondary N) is 1. The van der Waals surface area contributed by atoms with Gasteiger partial charge in [0.1, 0.15) is 5.82 Å². The Balaban J connectivity index is 2.06. The van der Waals surface area contributed by atoms with Crippen molar-refractivity contribution in [3.8, 4) is 0 Å². The van der Waals surface area contributed by atoms with E-state index in [-0.39, 0.29) is 5.91 Å². The van der Waals surface area contributed by atoms with E-state index in [2.05, 4.69) is 29.0 Å². The van der Waals surface area contributed by atoms with Crippen LogP contribution in [0.1, 0.15) is 29.8 Å². The third-order valence-corrected chi connectivity index (χ3v) is 3.43. The summed E-state index contributed by atoms with van der Waals surface area (Å²) in [6, 6.07) is 11.3. The fourth-order valence-electron chi connectivity index (χ4n) is 2.13. The van der Waals surface area contributed by atoms with E-state index in [1.165, 1.54) is 0 Å². The number of benzene rings is 1. The maximum atomic E-state index is 12.1. The molecule has 0 atom stereocenters. The van der Waals surface area contributed by atoms with Crippen LogP contribution < -0.4 is 10.2 Å². The van der Waals surface area contributed by atoms with Gasteiger partial charge in [-0.15, -0.1) is 0 Å². The van der Waals surface area contributed by atoms with Gasteiger partial charge in [0.15, 0.2) is 0 Å². The molecule has 1 N–H and O–H groups in total. The summed E-state index contributed by atoms with van der Waals surface area (Å²) < 4.78 is 0. The molecule has 2 rings (SSSR count). The van der Waals surface area contributed by atoms with E-state index in [1.54, 1.807) is 6.20 Å². The molecule has 0 fully saturated rings. The quantitative estimate of drug-likeness (QED) is 0.913. The predicted molar refractivity (Wildman–Crippen MR) is 86.9 cm³/mol. The predicted octanol–water partition coefficient (Wildman–Crippen LogP) is 3.49. The fraction of sp³-hybridized carbons (Fsp3) is 0.294. The Morgan fingerprint density at radius 3 is 2.29 bits per heavy atom. The van der Waals surface area contributed by atoms with Crippen LogP contribution in [0.15, 0.2) is 42.6 Å². The number of carbonyl (C=O) groups is 1. The highest BCUT2D eigenvalue weighted by atomic mass is 16.1. The molecule has 1 amide bonds. The van der Waals surface area contributed by atoms with E-state index < -0.39 is 0 Å². The Labute approximate surface area is 125 Å². The summed E-state index contributed by atoms with van der Waals surface area (Å²) in [6.07, 6.45) is 1.79. The van der Waals surface area contributed by atoms with Gasteiger partial charge in [0.05, 0.1) is 11.9 Å². The Bertz CT molecular complexity index is 586. The lowest BCUT2D eigenvalue weighted by Gasteiger charge is -2.20. The molecule has 0 saturated heterocycles. The molecule has 4 nitrogen and oxygen atoms in total. The molecule has 0 saturated carbocycles. The second-order valence-corrected chi connectivity index (χ2v) is 4.89. The van der Waals surface area contributed by atoms with Crippen LogP contribution in [0.2, 0.25) is 0 Å². The zero-order valence-corrected chi connectivity index (χ0v) is 12.8. The molecule has 0 unspecified atom stereocenters. The first-order valence-electron chi connectivity index (χ1n) is 7.23. The van der Waals surface area contributed by atoms with Crippen molar-refractivity contribution in [3.63, 3.8) is 0 Å². The van der Waals surface area contributed by atoms with E-state index in [0.29, 0.717) is 11.4 Å². The molecule has 21 heavy (non-hydrogen) atoms. The van der Waals surface area contributed by atoms with Crippen molar-refractivity contribution < 1.29 is 4.79 Å². The molecule has 0 aliphatic rings. The molecule has 0 spiro atoms. The number of nitrogens with zero attached hydrogens (tertiary/aromatic N) is 2. The number of amides is 1. The van der Waals surface area contributed by atoms with E-state index in [4.69, 9.17) is 0 Å². The smallest absolute Gasteiger partial charge is 0.256 e. The van der Waals surface area contributed by atoms with Crippen LogP contribution in [0.25, 0.3) is 0 Å². The average molecular weight is 283 g/mol. The van der Waals surface area contributed by atoms with Crippen LogP contribution in [0, 0.1) is 6.92 Å². The van der Waals surface area contributed by atoms with Gasteiger partial charge >= 0.3 is 0 Å². The lowest BCUT2D eigenvalue weighted by Crippen LogP contribution is -2.22. The van der Waals surface area contributed by atoms with Crippen molar-refractivity contribution in [2.75, 3.05) is 23.3 Å². The third-order valence-electron chi connectivity index (χ3n) is 3.43. The standard InChI is InChI=1S/C17H21N3O/c1-4-20(5-2)15-10-11-16(18-12-15)19-17(21)14-8-6-13(3)7-9-14/h6-12H,4-5H2,1-3H3,(H,18,19,21). The fourth-order valence-corrected chi connectivity index (χ4v) is 2.13. The maximum Gasteiger partial charge on any atom is 0.256 e. The van der Waals surface area contributed by atoms with Crippen LogP contribution in [0.4, 0.5) is 11.5 Å². The molecule has 1 aromatic heterocycles. The first-order valence-corrected chi connectivity index (χ1v) is 7.23. The van der Waals surface area contributed by atoms with Gasteiger partial charge in [-0.3, -0.25) is 4.79 Å². The number of hydrogen-bond acceptors (Lipinski definition) is 3. The highest BCUT2D eigenvalue weighted by molar-refractivity contribution is 6.03. The second-order valence-electron chi connectivity index (χ2n) is 4.89. The van der Waals surface area contributed by atoms with Crippen molar-refractivity contribution in [1.82, 2.24) is 4.98 Å². The van der Waals surface area contributed by atoms with Crippen LogP contribution in [0.5, 0.6) is 0 Å². The second kappa shape index (κ2) is 6.88. The largest absolute Gasteiger partial charge is 0.371 e. The molecule has 1 heterocycles. The molecule has 0 radical (unpaired) electrons. The van der Waals surface area contributed by atoms with Gasteiger partial charge in [-0.25, -0.2) is 4.98 Å². The zero-order valence-electron chi connectivity index (χ0n) is 12.8. The summed E-state index contributed by atoms with van der Waals surface area (Å²) in [6.45, 7) is 8.09. The Morgan fingerprint density at radius 1 is 1.10 bits per heavy atom. The maximum absolute atomic E-state index is 12.1. The topological polar surface area (TPSA) is 45.2 Å². The van der Waals surface area contributed by atoms with E-state index in [9.17, 15) is 4.79 Å². The van der Waals surface area contributed by atoms with Gasteiger partial charge in [-0.1, -0.05) is 17.7 Å². The van der Waals surface area contributed by atoms with Gasteiger partial charge < -0.3 is 10.2 Å². The number of anilines is 2. The Morgan fingerprint density at radius 2 is 1.76 bits per heavy atom. The summed E-state index contributed by atoms with van der Waals surface area (Å²) in [5.74, 6) is 0.426. The lowest BCUT2D eigenvalue weighted by atomic mass is 10.1. The van der Waals surface area contributed by atoms with Crippen molar-refractivity contribution in [3.05, 3.63) is 53.7 Å². The molecule has 0 aliphatic carbocycles. The van der Waals surface area contributed by atoms with Gasteiger partial charge in [-0.2, -0.15) is 0 Å². The Kier molecular flexibility index (Phi) is 4.93. The monoisotopic (exact) mass is 283 g/mol. The highest BCUT2D eigenvalue weighted by Crippen LogP contribution is 2.15. The number of carbonyl (C=O) groups excluding carboxylic acids is 1. The van der Waals surface area contributed by atoms with Crippen LogP contribution in [-0.2, 0) is 0 Å². The lowest BCUT2D eigenvalue weighted by molar-refractivity contribution is 0.102. The van der Waals surface area contributed by atoms with Gasteiger partial charge in [0.2, 0.25) is 0 Å².